The zero-order valence-corrected chi connectivity index (χ0v) is 13.6. The molecule has 0 saturated carbocycles. The number of hydrogen-bond donors (Lipinski definition) is 2. The van der Waals surface area contributed by atoms with E-state index in [9.17, 15) is 0 Å². The predicted octanol–water partition coefficient (Wildman–Crippen LogP) is 2.11. The molecule has 1 aliphatic rings. The summed E-state index contributed by atoms with van der Waals surface area (Å²) in [6, 6.07) is 10.8. The highest BCUT2D eigenvalue weighted by molar-refractivity contribution is 5.54. The van der Waals surface area contributed by atoms with E-state index in [4.69, 9.17) is 4.74 Å². The summed E-state index contributed by atoms with van der Waals surface area (Å²) in [5, 5.41) is 11.3. The van der Waals surface area contributed by atoms with Crippen molar-refractivity contribution in [1.29, 1.82) is 0 Å². The van der Waals surface area contributed by atoms with Gasteiger partial charge in [-0.25, -0.2) is 4.98 Å². The summed E-state index contributed by atoms with van der Waals surface area (Å²) < 4.78 is 6.90. The van der Waals surface area contributed by atoms with Crippen molar-refractivity contribution in [3.05, 3.63) is 47.9 Å². The van der Waals surface area contributed by atoms with Gasteiger partial charge in [-0.3, -0.25) is 0 Å². The monoisotopic (exact) mass is 324 g/mol. The van der Waals surface area contributed by atoms with Crippen molar-refractivity contribution in [3.8, 4) is 0 Å². The van der Waals surface area contributed by atoms with Crippen LogP contribution in [0.25, 0.3) is 5.78 Å². The van der Waals surface area contributed by atoms with E-state index in [0.29, 0.717) is 18.4 Å². The van der Waals surface area contributed by atoms with Crippen molar-refractivity contribution < 1.29 is 4.74 Å². The van der Waals surface area contributed by atoms with Gasteiger partial charge in [0.1, 0.15) is 12.1 Å². The molecule has 0 aliphatic carbocycles. The number of fused-ring (bicyclic) bond motifs is 2. The van der Waals surface area contributed by atoms with Gasteiger partial charge in [-0.15, -0.1) is 0 Å². The minimum absolute atomic E-state index is 0.373. The SMILES string of the molecule is COCc1cc(NC[C@@H]2CCc3ccccc3N2)n2ncnc2n1. The molecule has 24 heavy (non-hydrogen) atoms. The van der Waals surface area contributed by atoms with Gasteiger partial charge in [0.2, 0.25) is 0 Å². The topological polar surface area (TPSA) is 76.4 Å². The van der Waals surface area contributed by atoms with E-state index in [1.165, 1.54) is 17.6 Å². The highest BCUT2D eigenvalue weighted by Crippen LogP contribution is 2.24. The van der Waals surface area contributed by atoms with Gasteiger partial charge in [0.15, 0.2) is 0 Å². The zero-order chi connectivity index (χ0) is 16.4. The van der Waals surface area contributed by atoms with Gasteiger partial charge in [-0.2, -0.15) is 14.6 Å². The highest BCUT2D eigenvalue weighted by Gasteiger charge is 2.17. The summed E-state index contributed by atoms with van der Waals surface area (Å²) in [5.41, 5.74) is 3.46. The summed E-state index contributed by atoms with van der Waals surface area (Å²) in [6.45, 7) is 1.26. The van der Waals surface area contributed by atoms with Gasteiger partial charge in [-0.05, 0) is 24.5 Å². The summed E-state index contributed by atoms with van der Waals surface area (Å²) in [4.78, 5) is 8.60. The second kappa shape index (κ2) is 6.45. The number of para-hydroxylation sites is 1. The number of aromatic nitrogens is 4. The lowest BCUT2D eigenvalue weighted by atomic mass is 9.98. The Kier molecular flexibility index (Phi) is 4.00. The van der Waals surface area contributed by atoms with Crippen LogP contribution in [-0.2, 0) is 17.8 Å². The molecule has 7 heteroatoms. The van der Waals surface area contributed by atoms with E-state index in [0.717, 1.165) is 30.9 Å². The van der Waals surface area contributed by atoms with E-state index in [1.54, 1.807) is 11.6 Å². The predicted molar refractivity (Wildman–Crippen MR) is 92.2 cm³/mol. The van der Waals surface area contributed by atoms with E-state index < -0.39 is 0 Å². The summed E-state index contributed by atoms with van der Waals surface area (Å²) in [7, 11) is 1.66. The van der Waals surface area contributed by atoms with Gasteiger partial charge < -0.3 is 15.4 Å². The lowest BCUT2D eigenvalue weighted by Gasteiger charge is -2.27. The molecule has 1 aliphatic heterocycles. The molecule has 3 heterocycles. The molecule has 4 rings (SSSR count). The fourth-order valence-electron chi connectivity index (χ4n) is 3.09. The van der Waals surface area contributed by atoms with Crippen molar-refractivity contribution in [2.24, 2.45) is 0 Å². The molecule has 1 aromatic carbocycles. The number of methoxy groups -OCH3 is 1. The molecule has 7 nitrogen and oxygen atoms in total. The number of rotatable bonds is 5. The van der Waals surface area contributed by atoms with Gasteiger partial charge >= 0.3 is 0 Å². The van der Waals surface area contributed by atoms with Crippen LogP contribution in [0.1, 0.15) is 17.7 Å². The Morgan fingerprint density at radius 1 is 1.38 bits per heavy atom. The van der Waals surface area contributed by atoms with Crippen molar-refractivity contribution >= 4 is 17.3 Å². The Bertz CT molecular complexity index is 846. The van der Waals surface area contributed by atoms with Gasteiger partial charge in [-0.1, -0.05) is 18.2 Å². The molecular formula is C17H20N6O. The second-order valence-electron chi connectivity index (χ2n) is 5.96. The summed E-state index contributed by atoms with van der Waals surface area (Å²) >= 11 is 0. The Balaban J connectivity index is 1.50. The average Bonchev–Trinajstić information content (AvgIpc) is 3.08. The molecule has 0 bridgehead atoms. The van der Waals surface area contributed by atoms with Crippen molar-refractivity contribution in [3.63, 3.8) is 0 Å². The van der Waals surface area contributed by atoms with E-state index in [1.807, 2.05) is 6.07 Å². The highest BCUT2D eigenvalue weighted by atomic mass is 16.5. The fourth-order valence-corrected chi connectivity index (χ4v) is 3.09. The fraction of sp³-hybridized carbons (Fsp3) is 0.353. The van der Waals surface area contributed by atoms with Crippen LogP contribution in [0.2, 0.25) is 0 Å². The molecule has 2 aromatic heterocycles. The molecule has 2 N–H and O–H groups in total. The smallest absolute Gasteiger partial charge is 0.254 e. The maximum Gasteiger partial charge on any atom is 0.254 e. The Hall–Kier alpha value is -2.67. The first-order chi connectivity index (χ1) is 11.8. The number of nitrogens with zero attached hydrogens (tertiary/aromatic N) is 4. The Morgan fingerprint density at radius 2 is 2.29 bits per heavy atom. The molecule has 0 radical (unpaired) electrons. The number of hydrogen-bond acceptors (Lipinski definition) is 6. The van der Waals surface area contributed by atoms with Crippen LogP contribution in [0.15, 0.2) is 36.7 Å². The molecule has 124 valence electrons. The van der Waals surface area contributed by atoms with Crippen molar-refractivity contribution in [2.45, 2.75) is 25.5 Å². The summed E-state index contributed by atoms with van der Waals surface area (Å²) in [5.74, 6) is 1.46. The molecule has 0 saturated heterocycles. The van der Waals surface area contributed by atoms with Gasteiger partial charge in [0, 0.05) is 31.5 Å². The zero-order valence-electron chi connectivity index (χ0n) is 13.6. The van der Waals surface area contributed by atoms with Crippen LogP contribution in [0.5, 0.6) is 0 Å². The molecule has 0 unspecified atom stereocenters. The van der Waals surface area contributed by atoms with Crippen LogP contribution < -0.4 is 10.6 Å². The van der Waals surface area contributed by atoms with Crippen LogP contribution >= 0.6 is 0 Å². The van der Waals surface area contributed by atoms with E-state index in [2.05, 4.69) is 50.0 Å². The normalized spacial score (nSPS) is 16.6. The first-order valence-corrected chi connectivity index (χ1v) is 8.10. The molecule has 0 spiro atoms. The quantitative estimate of drug-likeness (QED) is 0.748. The Labute approximate surface area is 140 Å². The van der Waals surface area contributed by atoms with Crippen LogP contribution in [-0.4, -0.2) is 39.3 Å². The molecule has 0 amide bonds. The van der Waals surface area contributed by atoms with Crippen LogP contribution in [0.4, 0.5) is 11.5 Å². The standard InChI is InChI=1S/C17H20N6O/c1-24-10-14-8-16(23-17(22-14)19-11-20-23)18-9-13-7-6-12-4-2-3-5-15(12)21-13/h2-5,8,11,13,18,21H,6-7,9-10H2,1H3/t13-/m0/s1. The first kappa shape index (κ1) is 14.9. The van der Waals surface area contributed by atoms with Crippen molar-refractivity contribution in [2.75, 3.05) is 24.3 Å². The van der Waals surface area contributed by atoms with E-state index in [-0.39, 0.29) is 0 Å². The van der Waals surface area contributed by atoms with Crippen molar-refractivity contribution in [1.82, 2.24) is 19.6 Å². The minimum Gasteiger partial charge on any atom is -0.380 e. The molecular weight excluding hydrogens is 304 g/mol. The second-order valence-corrected chi connectivity index (χ2v) is 5.96. The average molecular weight is 324 g/mol. The maximum atomic E-state index is 5.18. The number of anilines is 2. The largest absolute Gasteiger partial charge is 0.380 e. The minimum atomic E-state index is 0.373. The Morgan fingerprint density at radius 3 is 3.21 bits per heavy atom. The van der Waals surface area contributed by atoms with E-state index >= 15 is 0 Å². The first-order valence-electron chi connectivity index (χ1n) is 8.10. The molecule has 3 aromatic rings. The third-order valence-corrected chi connectivity index (χ3v) is 4.27. The summed E-state index contributed by atoms with van der Waals surface area (Å²) in [6.07, 6.45) is 3.71. The van der Waals surface area contributed by atoms with Gasteiger partial charge in [0.25, 0.3) is 5.78 Å². The van der Waals surface area contributed by atoms with Crippen LogP contribution in [0, 0.1) is 0 Å². The number of aryl methyl sites for hydroxylation is 1. The maximum absolute atomic E-state index is 5.18. The third-order valence-electron chi connectivity index (χ3n) is 4.27. The molecule has 0 fully saturated rings. The lowest BCUT2D eigenvalue weighted by molar-refractivity contribution is 0.181. The number of ether oxygens (including phenoxy) is 1. The number of benzene rings is 1. The number of nitrogens with one attached hydrogen (secondary N) is 2. The van der Waals surface area contributed by atoms with Gasteiger partial charge in [0.05, 0.1) is 12.3 Å². The lowest BCUT2D eigenvalue weighted by Crippen LogP contribution is -2.32. The molecule has 1 atom stereocenters. The van der Waals surface area contributed by atoms with Crippen LogP contribution in [0.3, 0.4) is 0 Å². The third kappa shape index (κ3) is 2.90.